The Bertz CT molecular complexity index is 537. The van der Waals surface area contributed by atoms with E-state index in [2.05, 4.69) is 73.7 Å². The number of nitrogens with one attached hydrogen (secondary N) is 1. The molecule has 0 saturated heterocycles. The Morgan fingerprint density at radius 1 is 1.24 bits per heavy atom. The molecule has 0 amide bonds. The molecule has 1 heterocycles. The van der Waals surface area contributed by atoms with Crippen molar-refractivity contribution in [1.29, 1.82) is 0 Å². The number of hydrogen-bond acceptors (Lipinski definition) is 4. The first-order valence-electron chi connectivity index (χ1n) is 7.49. The maximum absolute atomic E-state index is 4.62. The molecule has 4 heteroatoms. The Morgan fingerprint density at radius 3 is 2.48 bits per heavy atom. The average Bonchev–Trinajstić information content (AvgIpc) is 2.89. The summed E-state index contributed by atoms with van der Waals surface area (Å²) in [5.41, 5.74) is 2.48. The molecular weight excluding hydrogens is 296 g/mol. The van der Waals surface area contributed by atoms with E-state index < -0.39 is 0 Å². The van der Waals surface area contributed by atoms with Crippen LogP contribution in [0.5, 0.6) is 0 Å². The second-order valence-corrected chi connectivity index (χ2v) is 7.81. The summed E-state index contributed by atoms with van der Waals surface area (Å²) in [6.07, 6.45) is 0. The van der Waals surface area contributed by atoms with E-state index in [0.29, 0.717) is 17.2 Å². The predicted octanol–water partition coefficient (Wildman–Crippen LogP) is 4.92. The summed E-state index contributed by atoms with van der Waals surface area (Å²) in [6, 6.07) is 11.1. The molecule has 2 rings (SSSR count). The van der Waals surface area contributed by atoms with Crippen LogP contribution in [0.25, 0.3) is 0 Å². The highest BCUT2D eigenvalue weighted by Gasteiger charge is 2.27. The smallest absolute Gasteiger partial charge is 0.150 e. The van der Waals surface area contributed by atoms with Gasteiger partial charge < -0.3 is 5.32 Å². The summed E-state index contributed by atoms with van der Waals surface area (Å²) in [7, 11) is 0. The molecule has 21 heavy (non-hydrogen) atoms. The van der Waals surface area contributed by atoms with Gasteiger partial charge in [0.2, 0.25) is 0 Å². The zero-order chi connectivity index (χ0) is 15.2. The number of hydrogen-bond donors (Lipinski definition) is 1. The van der Waals surface area contributed by atoms with E-state index in [1.165, 1.54) is 9.90 Å². The van der Waals surface area contributed by atoms with Crippen molar-refractivity contribution in [2.75, 3.05) is 6.54 Å². The highest BCUT2D eigenvalue weighted by Crippen LogP contribution is 2.38. The Morgan fingerprint density at radius 2 is 1.95 bits per heavy atom. The van der Waals surface area contributed by atoms with Crippen LogP contribution in [-0.2, 0) is 0 Å². The van der Waals surface area contributed by atoms with Crippen LogP contribution in [0, 0.1) is 12.8 Å². The lowest BCUT2D eigenvalue weighted by Crippen LogP contribution is -2.33. The van der Waals surface area contributed by atoms with Gasteiger partial charge >= 0.3 is 0 Å². The number of benzene rings is 1. The van der Waals surface area contributed by atoms with Crippen molar-refractivity contribution < 1.29 is 0 Å². The molecular formula is C17H24N2S2. The lowest BCUT2D eigenvalue weighted by molar-refractivity contribution is 0.453. The standard InChI is InChI=1S/C17H24N2S2/c1-5-18-15(14-9-7-6-8-10-14)16(12(2)3)21-17-19-13(4)11-20-17/h6-12,15-16,18H,5H2,1-4H3. The third-order valence-corrected chi connectivity index (χ3v) is 6.11. The largest absolute Gasteiger partial charge is 0.309 e. The van der Waals surface area contributed by atoms with Crippen molar-refractivity contribution in [2.45, 2.75) is 43.3 Å². The fourth-order valence-corrected chi connectivity index (χ4v) is 4.71. The Kier molecular flexibility index (Phi) is 6.27. The van der Waals surface area contributed by atoms with E-state index in [0.717, 1.165) is 12.2 Å². The van der Waals surface area contributed by atoms with Crippen molar-refractivity contribution in [3.8, 4) is 0 Å². The lowest BCUT2D eigenvalue weighted by atomic mass is 9.96. The second kappa shape index (κ2) is 7.97. The van der Waals surface area contributed by atoms with E-state index in [-0.39, 0.29) is 0 Å². The molecule has 1 N–H and O–H groups in total. The van der Waals surface area contributed by atoms with Crippen molar-refractivity contribution in [3.05, 3.63) is 47.0 Å². The molecule has 0 spiro atoms. The predicted molar refractivity (Wildman–Crippen MR) is 94.2 cm³/mol. The monoisotopic (exact) mass is 320 g/mol. The van der Waals surface area contributed by atoms with Gasteiger partial charge in [-0.3, -0.25) is 0 Å². The van der Waals surface area contributed by atoms with Crippen LogP contribution in [-0.4, -0.2) is 16.8 Å². The van der Waals surface area contributed by atoms with Crippen molar-refractivity contribution in [2.24, 2.45) is 5.92 Å². The first-order valence-corrected chi connectivity index (χ1v) is 9.24. The fourth-order valence-electron chi connectivity index (χ4n) is 2.40. The molecule has 0 aliphatic heterocycles. The number of thiazole rings is 1. The SMILES string of the molecule is CCNC(c1ccccc1)C(Sc1nc(C)cs1)C(C)C. The van der Waals surface area contributed by atoms with E-state index >= 15 is 0 Å². The molecule has 2 atom stereocenters. The summed E-state index contributed by atoms with van der Waals surface area (Å²) in [4.78, 5) is 4.62. The van der Waals surface area contributed by atoms with Gasteiger partial charge in [-0.2, -0.15) is 0 Å². The zero-order valence-corrected chi connectivity index (χ0v) is 14.8. The molecule has 2 unspecified atom stereocenters. The van der Waals surface area contributed by atoms with Gasteiger partial charge in [0, 0.05) is 22.4 Å². The maximum atomic E-state index is 4.62. The normalized spacial score (nSPS) is 14.3. The van der Waals surface area contributed by atoms with Crippen LogP contribution in [0.15, 0.2) is 40.1 Å². The van der Waals surface area contributed by atoms with Crippen molar-refractivity contribution in [1.82, 2.24) is 10.3 Å². The summed E-state index contributed by atoms with van der Waals surface area (Å²) in [5, 5.41) is 6.26. The third-order valence-electron chi connectivity index (χ3n) is 3.40. The summed E-state index contributed by atoms with van der Waals surface area (Å²) in [5.74, 6) is 0.573. The average molecular weight is 321 g/mol. The molecule has 0 bridgehead atoms. The first kappa shape index (κ1) is 16.5. The van der Waals surface area contributed by atoms with Crippen molar-refractivity contribution in [3.63, 3.8) is 0 Å². The summed E-state index contributed by atoms with van der Waals surface area (Å²) < 4.78 is 1.17. The van der Waals surface area contributed by atoms with E-state index in [1.807, 2.05) is 11.8 Å². The maximum Gasteiger partial charge on any atom is 0.150 e. The second-order valence-electron chi connectivity index (χ2n) is 5.53. The molecule has 1 aromatic heterocycles. The van der Waals surface area contributed by atoms with Gasteiger partial charge in [0.25, 0.3) is 0 Å². The van der Waals surface area contributed by atoms with Crippen LogP contribution < -0.4 is 5.32 Å². The van der Waals surface area contributed by atoms with E-state index in [4.69, 9.17) is 0 Å². The van der Waals surface area contributed by atoms with Gasteiger partial charge in [0.15, 0.2) is 0 Å². The molecule has 0 aliphatic rings. The Hall–Kier alpha value is -0.840. The molecule has 1 aromatic carbocycles. The minimum Gasteiger partial charge on any atom is -0.309 e. The highest BCUT2D eigenvalue weighted by atomic mass is 32.2. The third kappa shape index (κ3) is 4.56. The summed E-state index contributed by atoms with van der Waals surface area (Å²) in [6.45, 7) is 9.80. The fraction of sp³-hybridized carbons (Fsp3) is 0.471. The van der Waals surface area contributed by atoms with Gasteiger partial charge in [0.05, 0.1) is 0 Å². The minimum absolute atomic E-state index is 0.352. The van der Waals surface area contributed by atoms with Crippen molar-refractivity contribution >= 4 is 23.1 Å². The topological polar surface area (TPSA) is 24.9 Å². The molecule has 0 fully saturated rings. The van der Waals surface area contributed by atoms with Crippen LogP contribution in [0.1, 0.15) is 38.1 Å². The Balaban J connectivity index is 2.24. The molecule has 2 nitrogen and oxygen atoms in total. The molecule has 2 aromatic rings. The minimum atomic E-state index is 0.352. The van der Waals surface area contributed by atoms with Gasteiger partial charge in [-0.05, 0) is 24.9 Å². The van der Waals surface area contributed by atoms with Crippen LogP contribution in [0.3, 0.4) is 0 Å². The van der Waals surface area contributed by atoms with Crippen LogP contribution >= 0.6 is 23.1 Å². The zero-order valence-electron chi connectivity index (χ0n) is 13.2. The van der Waals surface area contributed by atoms with Gasteiger partial charge in [0.1, 0.15) is 4.34 Å². The molecule has 114 valence electrons. The van der Waals surface area contributed by atoms with Crippen LogP contribution in [0.4, 0.5) is 0 Å². The molecule has 0 radical (unpaired) electrons. The number of aromatic nitrogens is 1. The summed E-state index contributed by atoms with van der Waals surface area (Å²) >= 11 is 3.66. The van der Waals surface area contributed by atoms with Crippen LogP contribution in [0.2, 0.25) is 0 Å². The number of rotatable bonds is 7. The number of nitrogens with zero attached hydrogens (tertiary/aromatic N) is 1. The number of aryl methyl sites for hydroxylation is 1. The first-order chi connectivity index (χ1) is 10.1. The lowest BCUT2D eigenvalue weighted by Gasteiger charge is -2.30. The van der Waals surface area contributed by atoms with Gasteiger partial charge in [-0.25, -0.2) is 4.98 Å². The van der Waals surface area contributed by atoms with Gasteiger partial charge in [-0.1, -0.05) is 62.9 Å². The molecule has 0 saturated carbocycles. The molecule has 0 aliphatic carbocycles. The van der Waals surface area contributed by atoms with E-state index in [1.54, 1.807) is 11.3 Å². The van der Waals surface area contributed by atoms with E-state index in [9.17, 15) is 0 Å². The number of thioether (sulfide) groups is 1. The Labute approximate surface area is 136 Å². The highest BCUT2D eigenvalue weighted by molar-refractivity contribution is 8.01. The quantitative estimate of drug-likeness (QED) is 0.733. The van der Waals surface area contributed by atoms with Gasteiger partial charge in [-0.15, -0.1) is 11.3 Å².